The first-order valence-electron chi connectivity index (χ1n) is 6.04. The molecular formula is C10H16N4O3S. The summed E-state index contributed by atoms with van der Waals surface area (Å²) in [6.07, 6.45) is 3.63. The molecule has 8 heteroatoms. The summed E-state index contributed by atoms with van der Waals surface area (Å²) in [5, 5.41) is 12.8. The SMILES string of the molecule is CC1(c2nnc(S(N)(=O)=O)n2C2CC2)CCCO1. The minimum atomic E-state index is -3.84. The van der Waals surface area contributed by atoms with Crippen molar-refractivity contribution in [1.82, 2.24) is 14.8 Å². The first-order chi connectivity index (χ1) is 8.42. The lowest BCUT2D eigenvalue weighted by Gasteiger charge is -2.23. The normalized spacial score (nSPS) is 28.8. The number of rotatable bonds is 3. The molecule has 100 valence electrons. The fourth-order valence-corrected chi connectivity index (χ4v) is 3.11. The fourth-order valence-electron chi connectivity index (χ4n) is 2.45. The lowest BCUT2D eigenvalue weighted by molar-refractivity contribution is 0.00571. The van der Waals surface area contributed by atoms with Crippen molar-refractivity contribution < 1.29 is 13.2 Å². The third kappa shape index (κ3) is 1.84. The molecule has 0 bridgehead atoms. The maximum absolute atomic E-state index is 11.5. The van der Waals surface area contributed by atoms with Gasteiger partial charge < -0.3 is 4.74 Å². The molecule has 3 rings (SSSR count). The van der Waals surface area contributed by atoms with E-state index in [2.05, 4.69) is 10.2 Å². The molecule has 0 radical (unpaired) electrons. The number of nitrogens with zero attached hydrogens (tertiary/aromatic N) is 3. The Hall–Kier alpha value is -0.990. The summed E-state index contributed by atoms with van der Waals surface area (Å²) in [7, 11) is -3.84. The topological polar surface area (TPSA) is 100 Å². The van der Waals surface area contributed by atoms with E-state index >= 15 is 0 Å². The number of hydrogen-bond donors (Lipinski definition) is 1. The van der Waals surface area contributed by atoms with Crippen molar-refractivity contribution in [3.05, 3.63) is 5.82 Å². The zero-order valence-electron chi connectivity index (χ0n) is 10.2. The summed E-state index contributed by atoms with van der Waals surface area (Å²) >= 11 is 0. The second-order valence-electron chi connectivity index (χ2n) is 5.14. The highest BCUT2D eigenvalue weighted by molar-refractivity contribution is 7.89. The highest BCUT2D eigenvalue weighted by atomic mass is 32.2. The van der Waals surface area contributed by atoms with Gasteiger partial charge in [0, 0.05) is 12.6 Å². The molecule has 1 saturated heterocycles. The lowest BCUT2D eigenvalue weighted by atomic mass is 10.0. The van der Waals surface area contributed by atoms with Crippen LogP contribution in [0.5, 0.6) is 0 Å². The number of aromatic nitrogens is 3. The van der Waals surface area contributed by atoms with Crippen LogP contribution in [0.25, 0.3) is 0 Å². The molecule has 0 amide bonds. The summed E-state index contributed by atoms with van der Waals surface area (Å²) in [6.45, 7) is 2.59. The van der Waals surface area contributed by atoms with Gasteiger partial charge in [-0.05, 0) is 32.6 Å². The molecule has 1 atom stereocenters. The minimum absolute atomic E-state index is 0.142. The van der Waals surface area contributed by atoms with Crippen molar-refractivity contribution in [3.63, 3.8) is 0 Å². The Labute approximate surface area is 105 Å². The molecule has 2 fully saturated rings. The highest BCUT2D eigenvalue weighted by Crippen LogP contribution is 2.42. The molecule has 0 spiro atoms. The van der Waals surface area contributed by atoms with E-state index in [4.69, 9.17) is 9.88 Å². The number of ether oxygens (including phenoxy) is 1. The number of nitrogens with two attached hydrogens (primary N) is 1. The second-order valence-corrected chi connectivity index (χ2v) is 6.59. The summed E-state index contributed by atoms with van der Waals surface area (Å²) in [6, 6.07) is 0.143. The third-order valence-corrected chi connectivity index (χ3v) is 4.31. The van der Waals surface area contributed by atoms with Gasteiger partial charge in [-0.25, -0.2) is 13.6 Å². The smallest absolute Gasteiger partial charge is 0.273 e. The highest BCUT2D eigenvalue weighted by Gasteiger charge is 2.42. The van der Waals surface area contributed by atoms with E-state index in [-0.39, 0.29) is 11.2 Å². The zero-order chi connectivity index (χ0) is 13.0. The molecule has 2 aliphatic rings. The number of primary sulfonamides is 1. The van der Waals surface area contributed by atoms with Crippen molar-refractivity contribution in [2.24, 2.45) is 5.14 Å². The van der Waals surface area contributed by atoms with Crippen LogP contribution in [0.15, 0.2) is 5.16 Å². The van der Waals surface area contributed by atoms with Gasteiger partial charge in [-0.2, -0.15) is 0 Å². The van der Waals surface area contributed by atoms with E-state index in [9.17, 15) is 8.42 Å². The van der Waals surface area contributed by atoms with Crippen LogP contribution >= 0.6 is 0 Å². The Bertz CT molecular complexity index is 570. The molecule has 1 saturated carbocycles. The summed E-state index contributed by atoms with van der Waals surface area (Å²) in [5.74, 6) is 0.589. The molecule has 1 aliphatic heterocycles. The van der Waals surface area contributed by atoms with Crippen LogP contribution in [0.1, 0.15) is 44.5 Å². The minimum Gasteiger partial charge on any atom is -0.367 e. The maximum Gasteiger partial charge on any atom is 0.273 e. The third-order valence-electron chi connectivity index (χ3n) is 3.52. The summed E-state index contributed by atoms with van der Waals surface area (Å²) < 4.78 is 30.4. The molecule has 2 heterocycles. The van der Waals surface area contributed by atoms with Crippen LogP contribution in [-0.4, -0.2) is 29.8 Å². The van der Waals surface area contributed by atoms with Gasteiger partial charge in [-0.3, -0.25) is 4.57 Å². The van der Waals surface area contributed by atoms with Gasteiger partial charge in [0.15, 0.2) is 5.82 Å². The van der Waals surface area contributed by atoms with Crippen molar-refractivity contribution >= 4 is 10.0 Å². The molecule has 2 N–H and O–H groups in total. The van der Waals surface area contributed by atoms with Gasteiger partial charge in [0.05, 0.1) is 0 Å². The maximum atomic E-state index is 11.5. The fraction of sp³-hybridized carbons (Fsp3) is 0.800. The Kier molecular flexibility index (Phi) is 2.51. The van der Waals surface area contributed by atoms with E-state index < -0.39 is 15.6 Å². The van der Waals surface area contributed by atoms with Crippen LogP contribution in [0, 0.1) is 0 Å². The molecule has 18 heavy (non-hydrogen) atoms. The molecule has 0 aromatic carbocycles. The molecule has 1 unspecified atom stereocenters. The van der Waals surface area contributed by atoms with Crippen LogP contribution in [0.2, 0.25) is 0 Å². The van der Waals surface area contributed by atoms with Crippen molar-refractivity contribution in [1.29, 1.82) is 0 Å². The molecular weight excluding hydrogens is 256 g/mol. The van der Waals surface area contributed by atoms with Crippen molar-refractivity contribution in [2.75, 3.05) is 6.61 Å². The Morgan fingerprint density at radius 1 is 1.44 bits per heavy atom. The van der Waals surface area contributed by atoms with Crippen LogP contribution in [0.4, 0.5) is 0 Å². The monoisotopic (exact) mass is 272 g/mol. The summed E-state index contributed by atoms with van der Waals surface area (Å²) in [5.41, 5.74) is -0.543. The van der Waals surface area contributed by atoms with Gasteiger partial charge in [-0.15, -0.1) is 10.2 Å². The predicted molar refractivity (Wildman–Crippen MR) is 62.2 cm³/mol. The standard InChI is InChI=1S/C10H16N4O3S/c1-10(5-2-6-17-10)8-12-13-9(18(11,15)16)14(8)7-3-4-7/h7H,2-6H2,1H3,(H2,11,15,16). The van der Waals surface area contributed by atoms with Crippen molar-refractivity contribution in [3.8, 4) is 0 Å². The van der Waals surface area contributed by atoms with Crippen LogP contribution in [-0.2, 0) is 20.4 Å². The Morgan fingerprint density at radius 2 is 2.17 bits per heavy atom. The largest absolute Gasteiger partial charge is 0.367 e. The Morgan fingerprint density at radius 3 is 2.67 bits per heavy atom. The average Bonchev–Trinajstić information content (AvgIpc) is 2.85. The van der Waals surface area contributed by atoms with Crippen molar-refractivity contribution in [2.45, 2.75) is 49.4 Å². The van der Waals surface area contributed by atoms with E-state index in [0.717, 1.165) is 25.7 Å². The first kappa shape index (κ1) is 12.1. The molecule has 1 aromatic heterocycles. The zero-order valence-corrected chi connectivity index (χ0v) is 11.0. The van der Waals surface area contributed by atoms with Gasteiger partial charge >= 0.3 is 0 Å². The van der Waals surface area contributed by atoms with Crippen LogP contribution in [0.3, 0.4) is 0 Å². The van der Waals surface area contributed by atoms with Gasteiger partial charge in [0.2, 0.25) is 0 Å². The average molecular weight is 272 g/mol. The second kappa shape index (κ2) is 3.75. The van der Waals surface area contributed by atoms with E-state index in [0.29, 0.717) is 12.4 Å². The lowest BCUT2D eigenvalue weighted by Crippen LogP contribution is -2.27. The molecule has 7 nitrogen and oxygen atoms in total. The first-order valence-corrected chi connectivity index (χ1v) is 7.58. The van der Waals surface area contributed by atoms with Crippen LogP contribution < -0.4 is 5.14 Å². The van der Waals surface area contributed by atoms with E-state index in [1.165, 1.54) is 0 Å². The van der Waals surface area contributed by atoms with Gasteiger partial charge in [0.25, 0.3) is 15.2 Å². The summed E-state index contributed by atoms with van der Waals surface area (Å²) in [4.78, 5) is 0. The van der Waals surface area contributed by atoms with Gasteiger partial charge in [-0.1, -0.05) is 0 Å². The van der Waals surface area contributed by atoms with E-state index in [1.54, 1.807) is 4.57 Å². The quantitative estimate of drug-likeness (QED) is 0.852. The van der Waals surface area contributed by atoms with Gasteiger partial charge in [0.1, 0.15) is 5.60 Å². The number of hydrogen-bond acceptors (Lipinski definition) is 5. The predicted octanol–water partition coefficient (Wildman–Crippen LogP) is 0.286. The Balaban J connectivity index is 2.13. The number of sulfonamides is 1. The molecule has 1 aliphatic carbocycles. The van der Waals surface area contributed by atoms with E-state index in [1.807, 2.05) is 6.92 Å². The molecule has 1 aromatic rings.